The van der Waals surface area contributed by atoms with E-state index in [4.69, 9.17) is 11.7 Å². The highest BCUT2D eigenvalue weighted by molar-refractivity contribution is 4.82. The fourth-order valence-electron chi connectivity index (χ4n) is 0.275. The average molecular weight is 117 g/mol. The van der Waals surface area contributed by atoms with E-state index in [1.165, 1.54) is 0 Å². The van der Waals surface area contributed by atoms with Crippen molar-refractivity contribution in [2.75, 3.05) is 13.2 Å². The Morgan fingerprint density at radius 2 is 2.25 bits per heavy atom. The van der Waals surface area contributed by atoms with E-state index >= 15 is 0 Å². The molecular formula is C4H11N3O. The van der Waals surface area contributed by atoms with Crippen LogP contribution >= 0.6 is 0 Å². The van der Waals surface area contributed by atoms with Gasteiger partial charge < -0.3 is 4.84 Å². The van der Waals surface area contributed by atoms with E-state index in [-0.39, 0.29) is 0 Å². The molecule has 0 radical (unpaired) electrons. The van der Waals surface area contributed by atoms with Gasteiger partial charge in [-0.3, -0.25) is 11.3 Å². The Kier molecular flexibility index (Phi) is 6.23. The van der Waals surface area contributed by atoms with Crippen LogP contribution in [0.1, 0.15) is 0 Å². The van der Waals surface area contributed by atoms with Crippen molar-refractivity contribution in [3.05, 3.63) is 12.2 Å². The first kappa shape index (κ1) is 7.58. The summed E-state index contributed by atoms with van der Waals surface area (Å²) >= 11 is 0. The number of hydrogen-bond acceptors (Lipinski definition) is 4. The second kappa shape index (κ2) is 6.58. The van der Waals surface area contributed by atoms with Crippen molar-refractivity contribution in [2.24, 2.45) is 11.7 Å². The highest BCUT2D eigenvalue weighted by atomic mass is 16.6. The van der Waals surface area contributed by atoms with Crippen molar-refractivity contribution in [3.63, 3.8) is 0 Å². The lowest BCUT2D eigenvalue weighted by Gasteiger charge is -1.87. The van der Waals surface area contributed by atoms with Gasteiger partial charge in [0.2, 0.25) is 0 Å². The summed E-state index contributed by atoms with van der Waals surface area (Å²) in [5.74, 6) is 9.65. The Balaban J connectivity index is 2.83. The van der Waals surface area contributed by atoms with Crippen molar-refractivity contribution >= 4 is 0 Å². The van der Waals surface area contributed by atoms with Gasteiger partial charge >= 0.3 is 0 Å². The van der Waals surface area contributed by atoms with E-state index in [1.54, 1.807) is 6.08 Å². The summed E-state index contributed by atoms with van der Waals surface area (Å²) in [7, 11) is 0. The van der Waals surface area contributed by atoms with Crippen molar-refractivity contribution in [1.82, 2.24) is 5.43 Å². The molecule has 0 amide bonds. The molecule has 0 aliphatic rings. The topological polar surface area (TPSA) is 73.3 Å². The van der Waals surface area contributed by atoms with Gasteiger partial charge in [-0.2, -0.15) is 0 Å². The number of hydrazine groups is 1. The molecule has 5 N–H and O–H groups in total. The quantitative estimate of drug-likeness (QED) is 0.248. The van der Waals surface area contributed by atoms with Crippen LogP contribution in [0, 0.1) is 0 Å². The molecule has 0 aromatic heterocycles. The first-order chi connectivity index (χ1) is 3.91. The minimum atomic E-state index is 0.432. The standard InChI is InChI=1S/C4H11N3O/c5-7-3-1-2-4-8-6/h1-2,7H,3-6H2/b2-1+. The first-order valence-corrected chi connectivity index (χ1v) is 2.32. The summed E-state index contributed by atoms with van der Waals surface area (Å²) in [6, 6.07) is 0. The Morgan fingerprint density at radius 1 is 1.50 bits per heavy atom. The molecule has 0 rings (SSSR count). The van der Waals surface area contributed by atoms with Crippen LogP contribution in [0.3, 0.4) is 0 Å². The molecule has 0 atom stereocenters. The maximum absolute atomic E-state index is 4.94. The van der Waals surface area contributed by atoms with Gasteiger partial charge in [-0.15, -0.1) is 0 Å². The molecule has 0 saturated heterocycles. The van der Waals surface area contributed by atoms with E-state index in [0.717, 1.165) is 0 Å². The van der Waals surface area contributed by atoms with Crippen LogP contribution in [-0.2, 0) is 4.84 Å². The molecule has 4 nitrogen and oxygen atoms in total. The SMILES string of the molecule is NNC/C=C/CON. The molecule has 48 valence electrons. The summed E-state index contributed by atoms with van der Waals surface area (Å²) in [4.78, 5) is 4.23. The minimum absolute atomic E-state index is 0.432. The third-order valence-corrected chi connectivity index (χ3v) is 0.595. The molecule has 0 aromatic rings. The number of nitrogens with two attached hydrogens (primary N) is 2. The Morgan fingerprint density at radius 3 is 2.75 bits per heavy atom. The van der Waals surface area contributed by atoms with Crippen molar-refractivity contribution in [1.29, 1.82) is 0 Å². The predicted octanol–water partition coefficient (Wildman–Crippen LogP) is -1.10. The highest BCUT2D eigenvalue weighted by Crippen LogP contribution is 1.67. The Labute approximate surface area is 48.4 Å². The van der Waals surface area contributed by atoms with Gasteiger partial charge in [0, 0.05) is 6.54 Å². The molecule has 8 heavy (non-hydrogen) atoms. The van der Waals surface area contributed by atoms with Gasteiger partial charge in [0.1, 0.15) is 0 Å². The molecule has 0 saturated carbocycles. The Hall–Kier alpha value is -0.420. The molecule has 0 bridgehead atoms. The number of hydrogen-bond donors (Lipinski definition) is 3. The van der Waals surface area contributed by atoms with Crippen molar-refractivity contribution < 1.29 is 4.84 Å². The molecule has 0 aliphatic heterocycles. The van der Waals surface area contributed by atoms with Gasteiger partial charge in [0.05, 0.1) is 6.61 Å². The summed E-state index contributed by atoms with van der Waals surface area (Å²) in [5, 5.41) is 0. The third-order valence-electron chi connectivity index (χ3n) is 0.595. The maximum atomic E-state index is 4.94. The van der Waals surface area contributed by atoms with Gasteiger partial charge in [0.15, 0.2) is 0 Å². The molecule has 0 spiro atoms. The minimum Gasteiger partial charge on any atom is -0.300 e. The van der Waals surface area contributed by atoms with Crippen LogP contribution in [-0.4, -0.2) is 13.2 Å². The van der Waals surface area contributed by atoms with Gasteiger partial charge in [-0.05, 0) is 0 Å². The van der Waals surface area contributed by atoms with Gasteiger partial charge in [0.25, 0.3) is 0 Å². The zero-order valence-electron chi connectivity index (χ0n) is 4.63. The number of rotatable bonds is 4. The zero-order chi connectivity index (χ0) is 6.24. The summed E-state index contributed by atoms with van der Waals surface area (Å²) in [6.45, 7) is 1.07. The normalized spacial score (nSPS) is 10.8. The zero-order valence-corrected chi connectivity index (χ0v) is 4.63. The number of nitrogens with one attached hydrogen (secondary N) is 1. The molecule has 0 fully saturated rings. The highest BCUT2D eigenvalue weighted by Gasteiger charge is 1.70. The smallest absolute Gasteiger partial charge is 0.0861 e. The molecule has 4 heteroatoms. The van der Waals surface area contributed by atoms with Crippen LogP contribution < -0.4 is 17.2 Å². The van der Waals surface area contributed by atoms with E-state index < -0.39 is 0 Å². The molecular weight excluding hydrogens is 106 g/mol. The molecule has 0 aromatic carbocycles. The first-order valence-electron chi connectivity index (χ1n) is 2.32. The van der Waals surface area contributed by atoms with Crippen LogP contribution in [0.5, 0.6) is 0 Å². The van der Waals surface area contributed by atoms with Crippen LogP contribution in [0.2, 0.25) is 0 Å². The molecule has 0 heterocycles. The lowest BCUT2D eigenvalue weighted by Crippen LogP contribution is -2.21. The summed E-state index contributed by atoms with van der Waals surface area (Å²) in [6.07, 6.45) is 3.60. The maximum Gasteiger partial charge on any atom is 0.0861 e. The van der Waals surface area contributed by atoms with E-state index in [2.05, 4.69) is 10.3 Å². The van der Waals surface area contributed by atoms with Gasteiger partial charge in [-0.1, -0.05) is 12.2 Å². The van der Waals surface area contributed by atoms with Crippen LogP contribution in [0.15, 0.2) is 12.2 Å². The third kappa shape index (κ3) is 5.58. The fourth-order valence-corrected chi connectivity index (χ4v) is 0.275. The summed E-state index contributed by atoms with van der Waals surface area (Å²) < 4.78 is 0. The summed E-state index contributed by atoms with van der Waals surface area (Å²) in [5.41, 5.74) is 2.44. The molecule has 0 unspecified atom stereocenters. The van der Waals surface area contributed by atoms with Crippen LogP contribution in [0.25, 0.3) is 0 Å². The average Bonchev–Trinajstić information content (AvgIpc) is 1.81. The lowest BCUT2D eigenvalue weighted by molar-refractivity contribution is 0.168. The lowest BCUT2D eigenvalue weighted by atomic mass is 10.5. The Bertz CT molecular complexity index is 56.3. The second-order valence-electron chi connectivity index (χ2n) is 1.21. The van der Waals surface area contributed by atoms with Crippen LogP contribution in [0.4, 0.5) is 0 Å². The second-order valence-corrected chi connectivity index (χ2v) is 1.21. The fraction of sp³-hybridized carbons (Fsp3) is 0.500. The largest absolute Gasteiger partial charge is 0.300 e. The van der Waals surface area contributed by atoms with E-state index in [1.807, 2.05) is 6.08 Å². The van der Waals surface area contributed by atoms with Crippen molar-refractivity contribution in [3.8, 4) is 0 Å². The van der Waals surface area contributed by atoms with Crippen molar-refractivity contribution in [2.45, 2.75) is 0 Å². The predicted molar refractivity (Wildman–Crippen MR) is 31.5 cm³/mol. The van der Waals surface area contributed by atoms with E-state index in [9.17, 15) is 0 Å². The molecule has 0 aliphatic carbocycles. The van der Waals surface area contributed by atoms with Gasteiger partial charge in [-0.25, -0.2) is 5.90 Å². The van der Waals surface area contributed by atoms with E-state index in [0.29, 0.717) is 13.2 Å². The monoisotopic (exact) mass is 117 g/mol.